The quantitative estimate of drug-likeness (QED) is 0.173. The number of thiophene rings is 1. The summed E-state index contributed by atoms with van der Waals surface area (Å²) in [5.74, 6) is 0. The predicted molar refractivity (Wildman–Crippen MR) is 215 cm³/mol. The van der Waals surface area contributed by atoms with E-state index < -0.39 is 0 Å². The first-order valence-electron chi connectivity index (χ1n) is 17.1. The van der Waals surface area contributed by atoms with Gasteiger partial charge in [0.2, 0.25) is 0 Å². The second-order valence-corrected chi connectivity index (χ2v) is 14.2. The van der Waals surface area contributed by atoms with Crippen LogP contribution >= 0.6 is 11.3 Å². The van der Waals surface area contributed by atoms with E-state index in [4.69, 9.17) is 4.42 Å². The summed E-state index contributed by atoms with van der Waals surface area (Å²) in [7, 11) is 0. The summed E-state index contributed by atoms with van der Waals surface area (Å²) >= 11 is 1.87. The molecule has 0 unspecified atom stereocenters. The molecule has 11 rings (SSSR count). The van der Waals surface area contributed by atoms with Crippen LogP contribution in [0.2, 0.25) is 0 Å². The first kappa shape index (κ1) is 27.7. The minimum Gasteiger partial charge on any atom is -0.456 e. The van der Waals surface area contributed by atoms with Crippen LogP contribution in [0.15, 0.2) is 174 Å². The van der Waals surface area contributed by atoms with Gasteiger partial charge in [-0.25, -0.2) is 0 Å². The Kier molecular flexibility index (Phi) is 5.89. The van der Waals surface area contributed by atoms with Crippen LogP contribution in [0.25, 0.3) is 108 Å². The van der Waals surface area contributed by atoms with Crippen LogP contribution in [-0.2, 0) is 0 Å². The van der Waals surface area contributed by atoms with Crippen molar-refractivity contribution in [2.75, 3.05) is 0 Å². The fourth-order valence-corrected chi connectivity index (χ4v) is 9.51. The van der Waals surface area contributed by atoms with Crippen LogP contribution in [0.1, 0.15) is 0 Å². The van der Waals surface area contributed by atoms with Crippen LogP contribution in [0, 0.1) is 0 Å². The van der Waals surface area contributed by atoms with Gasteiger partial charge in [0.25, 0.3) is 0 Å². The minimum absolute atomic E-state index is 0.944. The molecule has 232 valence electrons. The van der Waals surface area contributed by atoms with Gasteiger partial charge in [-0.2, -0.15) is 0 Å². The van der Waals surface area contributed by atoms with E-state index in [1.54, 1.807) is 0 Å². The van der Waals surface area contributed by atoms with Crippen molar-refractivity contribution in [3.05, 3.63) is 170 Å². The van der Waals surface area contributed by atoms with E-state index in [-0.39, 0.29) is 0 Å². The highest BCUT2D eigenvalue weighted by Crippen LogP contribution is 2.46. The molecule has 0 amide bonds. The molecule has 2 heterocycles. The lowest BCUT2D eigenvalue weighted by atomic mass is 9.86. The van der Waals surface area contributed by atoms with Crippen molar-refractivity contribution in [2.24, 2.45) is 0 Å². The first-order chi connectivity index (χ1) is 24.8. The summed E-state index contributed by atoms with van der Waals surface area (Å²) in [5, 5.41) is 12.6. The Labute approximate surface area is 292 Å². The van der Waals surface area contributed by atoms with Crippen LogP contribution < -0.4 is 0 Å². The molecule has 0 saturated heterocycles. The third-order valence-electron chi connectivity index (χ3n) is 10.5. The van der Waals surface area contributed by atoms with Crippen molar-refractivity contribution >= 4 is 85.8 Å². The molecule has 0 fully saturated rings. The number of fused-ring (bicyclic) bond motifs is 11. The third-order valence-corrected chi connectivity index (χ3v) is 11.7. The smallest absolute Gasteiger partial charge is 0.136 e. The van der Waals surface area contributed by atoms with Crippen LogP contribution in [0.4, 0.5) is 0 Å². The Hall–Kier alpha value is -6.22. The number of benzene rings is 9. The van der Waals surface area contributed by atoms with Crippen LogP contribution in [0.5, 0.6) is 0 Å². The van der Waals surface area contributed by atoms with Crippen LogP contribution in [0.3, 0.4) is 0 Å². The standard InChI is InChI=1S/C48H28OS/c1-2-11-31(12-3-1)44-36-14-6-8-16-38(36)45(39-17-9-7-15-37(39)44)32-20-18-29(19-21-32)33-22-24-35-40-25-27-42-47(48(40)50-43(35)28-33)46-34-13-5-4-10-30(34)23-26-41(46)49-42/h1-28H. The number of furan rings is 1. The summed E-state index contributed by atoms with van der Waals surface area (Å²) in [6, 6.07) is 61.9. The number of rotatable bonds is 3. The second kappa shape index (κ2) is 10.6. The van der Waals surface area contributed by atoms with Gasteiger partial charge in [0.05, 0.1) is 0 Å². The van der Waals surface area contributed by atoms with Crippen LogP contribution in [-0.4, -0.2) is 0 Å². The SMILES string of the molecule is c1ccc(-c2c3ccccc3c(-c3ccc(-c4ccc5c(c4)sc4c5ccc5oc6ccc7ccccc7c6c54)cc3)c3ccccc23)cc1. The molecule has 1 nitrogen and oxygen atoms in total. The van der Waals surface area contributed by atoms with E-state index in [0.29, 0.717) is 0 Å². The second-order valence-electron chi connectivity index (χ2n) is 13.2. The van der Waals surface area contributed by atoms with Crippen molar-refractivity contribution < 1.29 is 4.42 Å². The molecule has 0 spiro atoms. The topological polar surface area (TPSA) is 13.1 Å². The summed E-state index contributed by atoms with van der Waals surface area (Å²) in [6.07, 6.45) is 0. The summed E-state index contributed by atoms with van der Waals surface area (Å²) in [5.41, 5.74) is 9.38. The van der Waals surface area contributed by atoms with Crippen molar-refractivity contribution in [1.29, 1.82) is 0 Å². The molecule has 0 saturated carbocycles. The highest BCUT2D eigenvalue weighted by atomic mass is 32.1. The van der Waals surface area contributed by atoms with Gasteiger partial charge in [0, 0.05) is 30.9 Å². The zero-order valence-electron chi connectivity index (χ0n) is 27.0. The van der Waals surface area contributed by atoms with Gasteiger partial charge in [0.1, 0.15) is 11.2 Å². The molecule has 11 aromatic rings. The van der Waals surface area contributed by atoms with Gasteiger partial charge < -0.3 is 4.42 Å². The van der Waals surface area contributed by atoms with E-state index in [0.717, 1.165) is 11.2 Å². The van der Waals surface area contributed by atoms with Gasteiger partial charge in [0.15, 0.2) is 0 Å². The maximum Gasteiger partial charge on any atom is 0.136 e. The lowest BCUT2D eigenvalue weighted by molar-refractivity contribution is 0.669. The Morgan fingerprint density at radius 1 is 0.340 bits per heavy atom. The monoisotopic (exact) mass is 652 g/mol. The van der Waals surface area contributed by atoms with Gasteiger partial charge in [-0.15, -0.1) is 11.3 Å². The summed E-state index contributed by atoms with van der Waals surface area (Å²) in [6.45, 7) is 0. The zero-order chi connectivity index (χ0) is 32.8. The third kappa shape index (κ3) is 4.00. The molecule has 0 N–H and O–H groups in total. The molecule has 2 aromatic heterocycles. The van der Waals surface area contributed by atoms with Crippen molar-refractivity contribution in [2.45, 2.75) is 0 Å². The Balaban J connectivity index is 1.06. The highest BCUT2D eigenvalue weighted by molar-refractivity contribution is 7.26. The molecule has 9 aromatic carbocycles. The Morgan fingerprint density at radius 3 is 1.56 bits per heavy atom. The molecular formula is C48H28OS. The van der Waals surface area contributed by atoms with E-state index in [1.807, 2.05) is 11.3 Å². The Bertz CT molecular complexity index is 3070. The molecule has 0 atom stereocenters. The number of hydrogen-bond acceptors (Lipinski definition) is 2. The van der Waals surface area contributed by atoms with Crippen molar-refractivity contribution in [3.8, 4) is 33.4 Å². The van der Waals surface area contributed by atoms with E-state index in [9.17, 15) is 0 Å². The van der Waals surface area contributed by atoms with Gasteiger partial charge in [-0.3, -0.25) is 0 Å². The van der Waals surface area contributed by atoms with E-state index >= 15 is 0 Å². The minimum atomic E-state index is 0.944. The zero-order valence-corrected chi connectivity index (χ0v) is 27.8. The average Bonchev–Trinajstić information content (AvgIpc) is 3.76. The average molecular weight is 653 g/mol. The predicted octanol–water partition coefficient (Wildman–Crippen LogP) is 14.4. The molecule has 0 bridgehead atoms. The summed E-state index contributed by atoms with van der Waals surface area (Å²) in [4.78, 5) is 0. The van der Waals surface area contributed by atoms with Crippen molar-refractivity contribution in [3.63, 3.8) is 0 Å². The summed E-state index contributed by atoms with van der Waals surface area (Å²) < 4.78 is 8.97. The van der Waals surface area contributed by atoms with Gasteiger partial charge in [-0.05, 0) is 90.0 Å². The largest absolute Gasteiger partial charge is 0.456 e. The molecule has 0 aliphatic rings. The lowest BCUT2D eigenvalue weighted by Crippen LogP contribution is -1.90. The maximum absolute atomic E-state index is 6.39. The molecule has 0 radical (unpaired) electrons. The first-order valence-corrected chi connectivity index (χ1v) is 17.9. The van der Waals surface area contributed by atoms with Crippen molar-refractivity contribution in [1.82, 2.24) is 0 Å². The lowest BCUT2D eigenvalue weighted by Gasteiger charge is -2.18. The maximum atomic E-state index is 6.39. The number of hydrogen-bond donors (Lipinski definition) is 0. The fraction of sp³-hybridized carbons (Fsp3) is 0. The molecule has 2 heteroatoms. The molecular weight excluding hydrogens is 625 g/mol. The Morgan fingerprint density at radius 2 is 0.860 bits per heavy atom. The molecule has 0 aliphatic heterocycles. The molecule has 50 heavy (non-hydrogen) atoms. The van der Waals surface area contributed by atoms with Gasteiger partial charge >= 0.3 is 0 Å². The normalized spacial score (nSPS) is 12.0. The van der Waals surface area contributed by atoms with E-state index in [2.05, 4.69) is 170 Å². The highest BCUT2D eigenvalue weighted by Gasteiger charge is 2.18. The fourth-order valence-electron chi connectivity index (χ4n) is 8.22. The van der Waals surface area contributed by atoms with Gasteiger partial charge in [-0.1, -0.05) is 146 Å². The van der Waals surface area contributed by atoms with E-state index in [1.165, 1.54) is 96.6 Å². The molecule has 0 aliphatic carbocycles.